The van der Waals surface area contributed by atoms with Gasteiger partial charge in [-0.05, 0) is 60.0 Å². The molecular weight excluding hydrogens is 376 g/mol. The van der Waals surface area contributed by atoms with Crippen LogP contribution in [0.15, 0.2) is 22.8 Å². The molecule has 0 aliphatic rings. The third-order valence-electron chi connectivity index (χ3n) is 3.85. The summed E-state index contributed by atoms with van der Waals surface area (Å²) in [4.78, 5) is 22.5. The summed E-state index contributed by atoms with van der Waals surface area (Å²) in [6, 6.07) is 3.54. The summed E-state index contributed by atoms with van der Waals surface area (Å²) in [5.41, 5.74) is 9.83. The fraction of sp³-hybridized carbons (Fsp3) is 0.188. The van der Waals surface area contributed by atoms with Gasteiger partial charge >= 0.3 is 0 Å². The molecule has 7 heteroatoms. The highest BCUT2D eigenvalue weighted by Crippen LogP contribution is 2.36. The lowest BCUT2D eigenvalue weighted by Crippen LogP contribution is -2.12. The highest BCUT2D eigenvalue weighted by molar-refractivity contribution is 9.10. The Morgan fingerprint density at radius 2 is 2.00 bits per heavy atom. The number of nitrogens with two attached hydrogens (primary N) is 1. The number of pyridine rings is 2. The quantitative estimate of drug-likeness (QED) is 0.686. The van der Waals surface area contributed by atoms with E-state index in [0.717, 1.165) is 31.5 Å². The monoisotopic (exact) mass is 390 g/mol. The summed E-state index contributed by atoms with van der Waals surface area (Å²) >= 11 is 4.62. The first-order valence-corrected chi connectivity index (χ1v) is 8.58. The van der Waals surface area contributed by atoms with Gasteiger partial charge in [0.2, 0.25) is 0 Å². The molecule has 0 aliphatic carbocycles. The van der Waals surface area contributed by atoms with E-state index in [1.165, 1.54) is 11.3 Å². The van der Waals surface area contributed by atoms with Crippen molar-refractivity contribution in [2.75, 3.05) is 11.1 Å². The van der Waals surface area contributed by atoms with Crippen molar-refractivity contribution in [1.29, 1.82) is 0 Å². The average molecular weight is 391 g/mol. The van der Waals surface area contributed by atoms with Crippen LogP contribution in [0, 0.1) is 20.8 Å². The summed E-state index contributed by atoms with van der Waals surface area (Å²) < 4.78 is 0.850. The van der Waals surface area contributed by atoms with Crippen LogP contribution in [0.3, 0.4) is 0 Å². The number of amides is 1. The molecule has 0 aliphatic heterocycles. The van der Waals surface area contributed by atoms with Gasteiger partial charge in [-0.1, -0.05) is 0 Å². The SMILES string of the molecule is Cc1nc2sc(C(=O)Nc3ccc(Br)cn3)c(N)c2c(C)c1C. The van der Waals surface area contributed by atoms with E-state index in [9.17, 15) is 4.79 Å². The lowest BCUT2D eigenvalue weighted by molar-refractivity contribution is 0.103. The second-order valence-corrected chi connectivity index (χ2v) is 7.20. The van der Waals surface area contributed by atoms with Crippen molar-refractivity contribution in [2.24, 2.45) is 0 Å². The van der Waals surface area contributed by atoms with Crippen molar-refractivity contribution in [1.82, 2.24) is 9.97 Å². The molecule has 0 atom stereocenters. The maximum absolute atomic E-state index is 12.5. The predicted octanol–water partition coefficient (Wildman–Crippen LogP) is 4.21. The summed E-state index contributed by atoms with van der Waals surface area (Å²) in [5.74, 6) is 0.210. The number of aryl methyl sites for hydroxylation is 2. The summed E-state index contributed by atoms with van der Waals surface area (Å²) in [5, 5.41) is 3.64. The van der Waals surface area contributed by atoms with Gasteiger partial charge < -0.3 is 11.1 Å². The van der Waals surface area contributed by atoms with E-state index in [1.807, 2.05) is 26.8 Å². The fourth-order valence-corrected chi connectivity index (χ4v) is 3.69. The second-order valence-electron chi connectivity index (χ2n) is 5.29. The first-order chi connectivity index (χ1) is 10.9. The van der Waals surface area contributed by atoms with Crippen LogP contribution in [-0.2, 0) is 0 Å². The van der Waals surface area contributed by atoms with Crippen LogP contribution in [0.4, 0.5) is 11.5 Å². The predicted molar refractivity (Wildman–Crippen MR) is 98.1 cm³/mol. The molecule has 1 amide bonds. The number of thiophene rings is 1. The number of fused-ring (bicyclic) bond motifs is 1. The minimum Gasteiger partial charge on any atom is -0.397 e. The van der Waals surface area contributed by atoms with Crippen LogP contribution in [-0.4, -0.2) is 15.9 Å². The molecule has 5 nitrogen and oxygen atoms in total. The Morgan fingerprint density at radius 1 is 1.26 bits per heavy atom. The van der Waals surface area contributed by atoms with Crippen molar-refractivity contribution in [3.63, 3.8) is 0 Å². The van der Waals surface area contributed by atoms with E-state index in [-0.39, 0.29) is 5.91 Å². The Morgan fingerprint density at radius 3 is 2.65 bits per heavy atom. The molecular formula is C16H15BrN4OS. The summed E-state index contributed by atoms with van der Waals surface area (Å²) in [6.07, 6.45) is 1.63. The van der Waals surface area contributed by atoms with Gasteiger partial charge in [0.05, 0.1) is 5.69 Å². The lowest BCUT2D eigenvalue weighted by Gasteiger charge is -2.06. The molecule has 3 N–H and O–H groups in total. The zero-order valence-corrected chi connectivity index (χ0v) is 15.3. The Balaban J connectivity index is 2.02. The second kappa shape index (κ2) is 5.90. The van der Waals surface area contributed by atoms with E-state index in [2.05, 4.69) is 31.2 Å². The Bertz CT molecular complexity index is 918. The zero-order valence-electron chi connectivity index (χ0n) is 12.9. The van der Waals surface area contributed by atoms with Gasteiger partial charge in [-0.25, -0.2) is 9.97 Å². The van der Waals surface area contributed by atoms with Crippen molar-refractivity contribution in [3.8, 4) is 0 Å². The molecule has 0 fully saturated rings. The van der Waals surface area contributed by atoms with Gasteiger partial charge in [0.25, 0.3) is 5.91 Å². The number of nitrogen functional groups attached to an aromatic ring is 1. The van der Waals surface area contributed by atoms with Gasteiger partial charge in [-0.15, -0.1) is 11.3 Å². The number of anilines is 2. The Kier molecular flexibility index (Phi) is 4.08. The van der Waals surface area contributed by atoms with Gasteiger partial charge in [0.1, 0.15) is 15.5 Å². The molecule has 3 aromatic heterocycles. The molecule has 0 saturated carbocycles. The zero-order chi connectivity index (χ0) is 16.7. The largest absolute Gasteiger partial charge is 0.397 e. The van der Waals surface area contributed by atoms with Crippen LogP contribution in [0.1, 0.15) is 26.5 Å². The maximum Gasteiger partial charge on any atom is 0.269 e. The molecule has 0 bridgehead atoms. The van der Waals surface area contributed by atoms with E-state index in [0.29, 0.717) is 16.4 Å². The smallest absolute Gasteiger partial charge is 0.269 e. The maximum atomic E-state index is 12.5. The normalized spacial score (nSPS) is 11.0. The molecule has 118 valence electrons. The Labute approximate surface area is 146 Å². The topological polar surface area (TPSA) is 80.9 Å². The van der Waals surface area contributed by atoms with Crippen LogP contribution < -0.4 is 11.1 Å². The standard InChI is InChI=1S/C16H15BrN4OS/c1-7-8(2)12-13(18)14(23-16(12)20-9(7)3)15(22)21-11-5-4-10(17)6-19-11/h4-6H,18H2,1-3H3,(H,19,21,22). The molecule has 0 radical (unpaired) electrons. The van der Waals surface area contributed by atoms with Crippen molar-refractivity contribution < 1.29 is 4.79 Å². The van der Waals surface area contributed by atoms with Crippen molar-refractivity contribution in [3.05, 3.63) is 44.5 Å². The summed E-state index contributed by atoms with van der Waals surface area (Å²) in [7, 11) is 0. The molecule has 0 unspecified atom stereocenters. The fourth-order valence-electron chi connectivity index (χ4n) is 2.36. The van der Waals surface area contributed by atoms with Crippen molar-refractivity contribution in [2.45, 2.75) is 20.8 Å². The van der Waals surface area contributed by atoms with Crippen LogP contribution >= 0.6 is 27.3 Å². The van der Waals surface area contributed by atoms with Crippen LogP contribution in [0.25, 0.3) is 10.2 Å². The number of halogens is 1. The minimum absolute atomic E-state index is 0.268. The van der Waals surface area contributed by atoms with Gasteiger partial charge in [0.15, 0.2) is 0 Å². The third-order valence-corrected chi connectivity index (χ3v) is 5.42. The third kappa shape index (κ3) is 2.82. The van der Waals surface area contributed by atoms with Crippen LogP contribution in [0.2, 0.25) is 0 Å². The van der Waals surface area contributed by atoms with E-state index < -0.39 is 0 Å². The van der Waals surface area contributed by atoms with Crippen LogP contribution in [0.5, 0.6) is 0 Å². The molecule has 3 heterocycles. The highest BCUT2D eigenvalue weighted by Gasteiger charge is 2.20. The molecule has 23 heavy (non-hydrogen) atoms. The number of hydrogen-bond donors (Lipinski definition) is 2. The van der Waals surface area contributed by atoms with Gasteiger partial charge in [-0.3, -0.25) is 4.79 Å². The first kappa shape index (κ1) is 15.9. The average Bonchev–Trinajstić information content (AvgIpc) is 2.84. The number of nitrogens with one attached hydrogen (secondary N) is 1. The van der Waals surface area contributed by atoms with E-state index >= 15 is 0 Å². The number of nitrogens with zero attached hydrogens (tertiary/aromatic N) is 2. The Hall–Kier alpha value is -1.99. The summed E-state index contributed by atoms with van der Waals surface area (Å²) in [6.45, 7) is 5.98. The molecule has 0 spiro atoms. The molecule has 0 saturated heterocycles. The first-order valence-electron chi connectivity index (χ1n) is 6.97. The molecule has 0 aromatic carbocycles. The lowest BCUT2D eigenvalue weighted by atomic mass is 10.1. The number of carbonyl (C=O) groups is 1. The van der Waals surface area contributed by atoms with E-state index in [4.69, 9.17) is 5.73 Å². The number of rotatable bonds is 2. The van der Waals surface area contributed by atoms with E-state index in [1.54, 1.807) is 12.3 Å². The van der Waals surface area contributed by atoms with Gasteiger partial charge in [0, 0.05) is 21.7 Å². The number of aromatic nitrogens is 2. The highest BCUT2D eigenvalue weighted by atomic mass is 79.9. The van der Waals surface area contributed by atoms with Gasteiger partial charge in [-0.2, -0.15) is 0 Å². The van der Waals surface area contributed by atoms with Crippen molar-refractivity contribution >= 4 is 54.9 Å². The molecule has 3 rings (SSSR count). The number of carbonyl (C=O) groups excluding carboxylic acids is 1. The molecule has 3 aromatic rings. The number of hydrogen-bond acceptors (Lipinski definition) is 5. The minimum atomic E-state index is -0.268.